The predicted molar refractivity (Wildman–Crippen MR) is 81.8 cm³/mol. The number of nitrogens with two attached hydrogens (primary N) is 1. The number of aromatic nitrogens is 1. The van der Waals surface area contributed by atoms with Crippen LogP contribution in [0.4, 0.5) is 0 Å². The van der Waals surface area contributed by atoms with Crippen LogP contribution in [-0.2, 0) is 6.42 Å². The Morgan fingerprint density at radius 1 is 1.21 bits per heavy atom. The minimum absolute atomic E-state index is 0.656. The van der Waals surface area contributed by atoms with E-state index in [1.165, 1.54) is 48.6 Å². The molecule has 0 bridgehead atoms. The predicted octanol–water partition coefficient (Wildman–Crippen LogP) is 4.30. The molecular weight excluding hydrogens is 256 g/mol. The maximum atomic E-state index is 6.15. The van der Waals surface area contributed by atoms with Gasteiger partial charge in [-0.05, 0) is 49.6 Å². The fraction of sp³-hybridized carbons (Fsp3) is 0.500. The van der Waals surface area contributed by atoms with Gasteiger partial charge >= 0.3 is 0 Å². The summed E-state index contributed by atoms with van der Waals surface area (Å²) in [5.74, 6) is 0. The van der Waals surface area contributed by atoms with Crippen LogP contribution in [0, 0.1) is 0 Å². The third kappa shape index (κ3) is 2.52. The molecule has 1 aliphatic rings. The van der Waals surface area contributed by atoms with Crippen LogP contribution in [0.15, 0.2) is 24.4 Å². The Morgan fingerprint density at radius 3 is 2.74 bits per heavy atom. The largest absolute Gasteiger partial charge is 0.344 e. The van der Waals surface area contributed by atoms with Gasteiger partial charge in [0.15, 0.2) is 0 Å². The topological polar surface area (TPSA) is 30.9 Å². The fourth-order valence-corrected chi connectivity index (χ4v) is 3.49. The Hall–Kier alpha value is -0.990. The number of rotatable bonds is 3. The molecule has 3 heteroatoms. The third-order valence-electron chi connectivity index (χ3n) is 4.26. The molecule has 0 atom stereocenters. The number of fused-ring (bicyclic) bond motifs is 1. The van der Waals surface area contributed by atoms with Crippen molar-refractivity contribution in [1.29, 1.82) is 0 Å². The van der Waals surface area contributed by atoms with Gasteiger partial charge in [-0.25, -0.2) is 0 Å². The highest BCUT2D eigenvalue weighted by Crippen LogP contribution is 2.34. The molecule has 0 amide bonds. The standard InChI is InChI=1S/C16H21ClN2/c17-13-6-7-16-15(10-13)12(8-9-18)11-19(16)14-4-2-1-3-5-14/h6-7,10-11,14H,1-5,8-9,18H2. The molecule has 1 aromatic heterocycles. The lowest BCUT2D eigenvalue weighted by Crippen LogP contribution is -2.11. The Labute approximate surface area is 119 Å². The lowest BCUT2D eigenvalue weighted by Gasteiger charge is -2.24. The number of hydrogen-bond donors (Lipinski definition) is 1. The molecular formula is C16H21ClN2. The van der Waals surface area contributed by atoms with Crippen LogP contribution < -0.4 is 5.73 Å². The van der Waals surface area contributed by atoms with Gasteiger partial charge in [-0.1, -0.05) is 30.9 Å². The summed E-state index contributed by atoms with van der Waals surface area (Å²) >= 11 is 6.15. The zero-order chi connectivity index (χ0) is 13.2. The lowest BCUT2D eigenvalue weighted by atomic mass is 9.95. The van der Waals surface area contributed by atoms with E-state index in [1.807, 2.05) is 6.07 Å². The van der Waals surface area contributed by atoms with Crippen LogP contribution in [0.2, 0.25) is 5.02 Å². The van der Waals surface area contributed by atoms with Crippen molar-refractivity contribution in [1.82, 2.24) is 4.57 Å². The maximum absolute atomic E-state index is 6.15. The van der Waals surface area contributed by atoms with Gasteiger partial charge in [0.25, 0.3) is 0 Å². The molecule has 1 aliphatic carbocycles. The second-order valence-corrected chi connectivity index (χ2v) is 5.99. The van der Waals surface area contributed by atoms with E-state index in [9.17, 15) is 0 Å². The number of benzene rings is 1. The van der Waals surface area contributed by atoms with Crippen LogP contribution >= 0.6 is 11.6 Å². The van der Waals surface area contributed by atoms with Crippen LogP contribution in [-0.4, -0.2) is 11.1 Å². The first kappa shape index (κ1) is 13.0. The Morgan fingerprint density at radius 2 is 2.00 bits per heavy atom. The minimum atomic E-state index is 0.656. The Balaban J connectivity index is 2.08. The highest BCUT2D eigenvalue weighted by molar-refractivity contribution is 6.31. The summed E-state index contributed by atoms with van der Waals surface area (Å²) in [6, 6.07) is 6.90. The highest BCUT2D eigenvalue weighted by Gasteiger charge is 2.18. The molecule has 0 saturated heterocycles. The monoisotopic (exact) mass is 276 g/mol. The van der Waals surface area contributed by atoms with Crippen molar-refractivity contribution in [2.75, 3.05) is 6.54 Å². The van der Waals surface area contributed by atoms with E-state index in [-0.39, 0.29) is 0 Å². The van der Waals surface area contributed by atoms with Gasteiger partial charge in [-0.3, -0.25) is 0 Å². The maximum Gasteiger partial charge on any atom is 0.0486 e. The molecule has 1 saturated carbocycles. The van der Waals surface area contributed by atoms with Gasteiger partial charge in [0.1, 0.15) is 0 Å². The summed E-state index contributed by atoms with van der Waals surface area (Å²) in [6.07, 6.45) is 9.93. The van der Waals surface area contributed by atoms with Crippen molar-refractivity contribution < 1.29 is 0 Å². The first-order chi connectivity index (χ1) is 9.29. The molecule has 2 N–H and O–H groups in total. The molecule has 1 fully saturated rings. The van der Waals surface area contributed by atoms with Crippen molar-refractivity contribution in [2.45, 2.75) is 44.6 Å². The summed E-state index contributed by atoms with van der Waals surface area (Å²) in [5.41, 5.74) is 8.39. The van der Waals surface area contributed by atoms with Gasteiger partial charge in [0.05, 0.1) is 0 Å². The average Bonchev–Trinajstić information content (AvgIpc) is 2.79. The van der Waals surface area contributed by atoms with Crippen molar-refractivity contribution in [2.24, 2.45) is 5.73 Å². The average molecular weight is 277 g/mol. The summed E-state index contributed by atoms with van der Waals surface area (Å²) in [5, 5.41) is 2.09. The Kier molecular flexibility index (Phi) is 3.81. The van der Waals surface area contributed by atoms with Crippen molar-refractivity contribution >= 4 is 22.5 Å². The lowest BCUT2D eigenvalue weighted by molar-refractivity contribution is 0.360. The van der Waals surface area contributed by atoms with E-state index in [0.717, 1.165) is 11.4 Å². The van der Waals surface area contributed by atoms with E-state index in [0.29, 0.717) is 12.6 Å². The van der Waals surface area contributed by atoms with Crippen molar-refractivity contribution in [3.05, 3.63) is 35.0 Å². The second kappa shape index (κ2) is 5.56. The zero-order valence-corrected chi connectivity index (χ0v) is 12.0. The quantitative estimate of drug-likeness (QED) is 0.890. The van der Waals surface area contributed by atoms with Crippen molar-refractivity contribution in [3.8, 4) is 0 Å². The highest BCUT2D eigenvalue weighted by atomic mass is 35.5. The smallest absolute Gasteiger partial charge is 0.0486 e. The van der Waals surface area contributed by atoms with E-state index >= 15 is 0 Å². The van der Waals surface area contributed by atoms with Gasteiger partial charge in [-0.15, -0.1) is 0 Å². The molecule has 0 spiro atoms. The number of nitrogens with zero attached hydrogens (tertiary/aromatic N) is 1. The molecule has 19 heavy (non-hydrogen) atoms. The first-order valence-corrected chi connectivity index (χ1v) is 7.66. The summed E-state index contributed by atoms with van der Waals surface area (Å²) in [7, 11) is 0. The molecule has 2 aromatic rings. The Bertz CT molecular complexity index is 567. The first-order valence-electron chi connectivity index (χ1n) is 7.28. The zero-order valence-electron chi connectivity index (χ0n) is 11.2. The van der Waals surface area contributed by atoms with Gasteiger partial charge < -0.3 is 10.3 Å². The molecule has 0 aliphatic heterocycles. The second-order valence-electron chi connectivity index (χ2n) is 5.55. The molecule has 2 nitrogen and oxygen atoms in total. The summed E-state index contributed by atoms with van der Waals surface area (Å²) in [6.45, 7) is 0.691. The van der Waals surface area contributed by atoms with E-state index in [1.54, 1.807) is 0 Å². The van der Waals surface area contributed by atoms with Crippen LogP contribution in [0.3, 0.4) is 0 Å². The summed E-state index contributed by atoms with van der Waals surface area (Å²) < 4.78 is 2.47. The van der Waals surface area contributed by atoms with Crippen LogP contribution in [0.5, 0.6) is 0 Å². The van der Waals surface area contributed by atoms with Crippen LogP contribution in [0.1, 0.15) is 43.7 Å². The van der Waals surface area contributed by atoms with E-state index in [4.69, 9.17) is 17.3 Å². The molecule has 0 radical (unpaired) electrons. The van der Waals surface area contributed by atoms with Crippen molar-refractivity contribution in [3.63, 3.8) is 0 Å². The van der Waals surface area contributed by atoms with E-state index < -0.39 is 0 Å². The van der Waals surface area contributed by atoms with Crippen LogP contribution in [0.25, 0.3) is 10.9 Å². The van der Waals surface area contributed by atoms with Gasteiger partial charge in [-0.2, -0.15) is 0 Å². The molecule has 1 aromatic carbocycles. The molecule has 3 rings (SSSR count). The number of hydrogen-bond acceptors (Lipinski definition) is 1. The van der Waals surface area contributed by atoms with Gasteiger partial charge in [0.2, 0.25) is 0 Å². The molecule has 1 heterocycles. The summed E-state index contributed by atoms with van der Waals surface area (Å²) in [4.78, 5) is 0. The normalized spacial score (nSPS) is 17.2. The van der Waals surface area contributed by atoms with E-state index in [2.05, 4.69) is 22.9 Å². The number of halogens is 1. The molecule has 102 valence electrons. The third-order valence-corrected chi connectivity index (χ3v) is 4.49. The van der Waals surface area contributed by atoms with Gasteiger partial charge in [0, 0.05) is 28.2 Å². The fourth-order valence-electron chi connectivity index (χ4n) is 3.31. The molecule has 0 unspecified atom stereocenters. The minimum Gasteiger partial charge on any atom is -0.344 e. The SMILES string of the molecule is NCCc1cn(C2CCCCC2)c2ccc(Cl)cc12.